The first-order chi connectivity index (χ1) is 14.6. The first-order valence-electron chi connectivity index (χ1n) is 9.52. The van der Waals surface area contributed by atoms with Gasteiger partial charge in [0.2, 0.25) is 0 Å². The second kappa shape index (κ2) is 8.94. The molecule has 1 heterocycles. The van der Waals surface area contributed by atoms with Gasteiger partial charge in [0, 0.05) is 27.4 Å². The fraction of sp³-hybridized carbons (Fsp3) is 0.125. The zero-order chi connectivity index (χ0) is 21.1. The maximum Gasteiger partial charge on any atom is 0.256 e. The van der Waals surface area contributed by atoms with Crippen LogP contribution in [0.25, 0.3) is 11.6 Å². The summed E-state index contributed by atoms with van der Waals surface area (Å²) in [5.74, 6) is 1.07. The molecule has 30 heavy (non-hydrogen) atoms. The number of rotatable bonds is 6. The molecule has 0 radical (unpaired) electrons. The second-order valence-corrected chi connectivity index (χ2v) is 7.96. The number of hydrogen-bond acceptors (Lipinski definition) is 3. The highest BCUT2D eigenvalue weighted by molar-refractivity contribution is 9.10. The Morgan fingerprint density at radius 1 is 1.07 bits per heavy atom. The third-order valence-corrected chi connectivity index (χ3v) is 5.64. The minimum Gasteiger partial charge on any atom is -0.490 e. The summed E-state index contributed by atoms with van der Waals surface area (Å²) < 4.78 is 12.6. The average Bonchev–Trinajstić information content (AvgIpc) is 3.04. The molecule has 0 atom stereocenters. The smallest absolute Gasteiger partial charge is 0.256 e. The van der Waals surface area contributed by atoms with Gasteiger partial charge in [0.15, 0.2) is 11.5 Å². The SMILES string of the molecule is CCOc1cc(/C=C2/C(=O)Nc3ccccc32)cc(Br)c1OCc1ccccc1Cl. The molecule has 1 amide bonds. The first kappa shape index (κ1) is 20.5. The number of carbonyl (C=O) groups excluding carboxylic acids is 1. The molecule has 0 aliphatic carbocycles. The van der Waals surface area contributed by atoms with Crippen LogP contribution in [0.2, 0.25) is 5.02 Å². The molecular weight excluding hydrogens is 466 g/mol. The van der Waals surface area contributed by atoms with Crippen molar-refractivity contribution in [2.75, 3.05) is 11.9 Å². The molecule has 3 aromatic rings. The molecule has 0 saturated heterocycles. The van der Waals surface area contributed by atoms with E-state index in [0.29, 0.717) is 35.3 Å². The largest absolute Gasteiger partial charge is 0.490 e. The van der Waals surface area contributed by atoms with Gasteiger partial charge in [-0.05, 0) is 58.8 Å². The van der Waals surface area contributed by atoms with Gasteiger partial charge in [0.1, 0.15) is 6.61 Å². The van der Waals surface area contributed by atoms with Crippen LogP contribution in [-0.4, -0.2) is 12.5 Å². The van der Waals surface area contributed by atoms with E-state index in [1.54, 1.807) is 0 Å². The molecule has 152 valence electrons. The van der Waals surface area contributed by atoms with Gasteiger partial charge >= 0.3 is 0 Å². The number of anilines is 1. The van der Waals surface area contributed by atoms with Gasteiger partial charge < -0.3 is 14.8 Å². The lowest BCUT2D eigenvalue weighted by Crippen LogP contribution is -2.04. The lowest BCUT2D eigenvalue weighted by molar-refractivity contribution is -0.110. The standard InChI is InChI=1S/C24H19BrClNO3/c1-2-29-22-13-15(11-18-17-8-4-6-10-21(17)27-24(18)28)12-19(25)23(22)30-14-16-7-3-5-9-20(16)26/h3-13H,2,14H2,1H3,(H,27,28)/b18-11+. The maximum atomic E-state index is 12.4. The lowest BCUT2D eigenvalue weighted by atomic mass is 10.0. The Hall–Kier alpha value is -2.76. The topological polar surface area (TPSA) is 47.6 Å². The number of para-hydroxylation sites is 1. The van der Waals surface area contributed by atoms with Crippen molar-refractivity contribution in [3.8, 4) is 11.5 Å². The van der Waals surface area contributed by atoms with Crippen molar-refractivity contribution >= 4 is 50.8 Å². The molecule has 0 fully saturated rings. The van der Waals surface area contributed by atoms with E-state index in [2.05, 4.69) is 21.2 Å². The number of ether oxygens (including phenoxy) is 2. The summed E-state index contributed by atoms with van der Waals surface area (Å²) in [5, 5.41) is 3.54. The van der Waals surface area contributed by atoms with Gasteiger partial charge in [-0.15, -0.1) is 0 Å². The normalized spacial score (nSPS) is 13.8. The highest BCUT2D eigenvalue weighted by Crippen LogP contribution is 2.40. The lowest BCUT2D eigenvalue weighted by Gasteiger charge is -2.15. The van der Waals surface area contributed by atoms with Crippen LogP contribution >= 0.6 is 27.5 Å². The first-order valence-corrected chi connectivity index (χ1v) is 10.7. The molecule has 0 bridgehead atoms. The number of halogens is 2. The van der Waals surface area contributed by atoms with Crippen molar-refractivity contribution in [3.05, 3.63) is 86.8 Å². The van der Waals surface area contributed by atoms with Crippen molar-refractivity contribution in [1.82, 2.24) is 0 Å². The molecule has 4 rings (SSSR count). The van der Waals surface area contributed by atoms with Crippen LogP contribution in [-0.2, 0) is 11.4 Å². The maximum absolute atomic E-state index is 12.4. The van der Waals surface area contributed by atoms with Crippen molar-refractivity contribution in [2.24, 2.45) is 0 Å². The van der Waals surface area contributed by atoms with Gasteiger partial charge in [-0.2, -0.15) is 0 Å². The number of benzene rings is 3. The highest BCUT2D eigenvalue weighted by Gasteiger charge is 2.23. The van der Waals surface area contributed by atoms with E-state index in [0.717, 1.165) is 26.9 Å². The molecule has 0 spiro atoms. The summed E-state index contributed by atoms with van der Waals surface area (Å²) in [7, 11) is 0. The summed E-state index contributed by atoms with van der Waals surface area (Å²) in [5.41, 5.74) is 4.04. The molecular formula is C24H19BrClNO3. The van der Waals surface area contributed by atoms with Gasteiger partial charge in [-0.25, -0.2) is 0 Å². The van der Waals surface area contributed by atoms with Gasteiger partial charge in [-0.1, -0.05) is 48.0 Å². The predicted molar refractivity (Wildman–Crippen MR) is 124 cm³/mol. The zero-order valence-electron chi connectivity index (χ0n) is 16.2. The van der Waals surface area contributed by atoms with Crippen molar-refractivity contribution in [1.29, 1.82) is 0 Å². The Morgan fingerprint density at radius 2 is 1.83 bits per heavy atom. The van der Waals surface area contributed by atoms with Crippen LogP contribution < -0.4 is 14.8 Å². The summed E-state index contributed by atoms with van der Waals surface area (Å²) >= 11 is 9.83. The second-order valence-electron chi connectivity index (χ2n) is 6.70. The molecule has 6 heteroatoms. The van der Waals surface area contributed by atoms with Gasteiger partial charge in [0.25, 0.3) is 5.91 Å². The number of amides is 1. The Bertz CT molecular complexity index is 1140. The van der Waals surface area contributed by atoms with Gasteiger partial charge in [-0.3, -0.25) is 4.79 Å². The summed E-state index contributed by atoms with van der Waals surface area (Å²) in [6.45, 7) is 2.71. The quantitative estimate of drug-likeness (QED) is 0.402. The Labute approximate surface area is 188 Å². The molecule has 0 aromatic heterocycles. The number of fused-ring (bicyclic) bond motifs is 1. The number of nitrogens with one attached hydrogen (secondary N) is 1. The fourth-order valence-electron chi connectivity index (χ4n) is 3.29. The third kappa shape index (κ3) is 4.23. The Morgan fingerprint density at radius 3 is 2.63 bits per heavy atom. The van der Waals surface area contributed by atoms with Gasteiger partial charge in [0.05, 0.1) is 11.1 Å². The Kier molecular flexibility index (Phi) is 6.11. The molecule has 4 nitrogen and oxygen atoms in total. The number of hydrogen-bond donors (Lipinski definition) is 1. The highest BCUT2D eigenvalue weighted by atomic mass is 79.9. The van der Waals surface area contributed by atoms with E-state index in [9.17, 15) is 4.79 Å². The van der Waals surface area contributed by atoms with Crippen molar-refractivity contribution in [3.63, 3.8) is 0 Å². The van der Waals surface area contributed by atoms with Crippen LogP contribution in [0.3, 0.4) is 0 Å². The summed E-state index contributed by atoms with van der Waals surface area (Å²) in [6, 6.07) is 19.0. The van der Waals surface area contributed by atoms with Crippen LogP contribution in [0.1, 0.15) is 23.6 Å². The monoisotopic (exact) mass is 483 g/mol. The van der Waals surface area contributed by atoms with Crippen LogP contribution in [0, 0.1) is 0 Å². The third-order valence-electron chi connectivity index (χ3n) is 4.68. The molecule has 1 aliphatic rings. The average molecular weight is 485 g/mol. The van der Waals surface area contributed by atoms with E-state index >= 15 is 0 Å². The van der Waals surface area contributed by atoms with E-state index in [4.69, 9.17) is 21.1 Å². The fourth-order valence-corrected chi connectivity index (χ4v) is 4.05. The molecule has 0 saturated carbocycles. The summed E-state index contributed by atoms with van der Waals surface area (Å²) in [6.07, 6.45) is 1.85. The molecule has 0 unspecified atom stereocenters. The van der Waals surface area contributed by atoms with Crippen molar-refractivity contribution in [2.45, 2.75) is 13.5 Å². The van der Waals surface area contributed by atoms with Crippen LogP contribution in [0.5, 0.6) is 11.5 Å². The minimum absolute atomic E-state index is 0.121. The zero-order valence-corrected chi connectivity index (χ0v) is 18.6. The molecule has 3 aromatic carbocycles. The molecule has 1 N–H and O–H groups in total. The minimum atomic E-state index is -0.121. The number of carbonyl (C=O) groups is 1. The predicted octanol–water partition coefficient (Wildman–Crippen LogP) is 6.57. The van der Waals surface area contributed by atoms with E-state index in [1.165, 1.54) is 0 Å². The van der Waals surface area contributed by atoms with Crippen LogP contribution in [0.15, 0.2) is 65.1 Å². The van der Waals surface area contributed by atoms with E-state index < -0.39 is 0 Å². The van der Waals surface area contributed by atoms with Crippen molar-refractivity contribution < 1.29 is 14.3 Å². The Balaban J connectivity index is 1.67. The van der Waals surface area contributed by atoms with E-state index in [1.807, 2.05) is 73.7 Å². The van der Waals surface area contributed by atoms with E-state index in [-0.39, 0.29) is 5.91 Å². The van der Waals surface area contributed by atoms with Crippen LogP contribution in [0.4, 0.5) is 5.69 Å². The summed E-state index contributed by atoms with van der Waals surface area (Å²) in [4.78, 5) is 12.4. The molecule has 1 aliphatic heterocycles.